The quantitative estimate of drug-likeness (QED) is 0.0321. The second-order valence-corrected chi connectivity index (χ2v) is 18.9. The standard InChI is InChI=1S/C57H107NO5/c1-3-5-7-9-11-13-15-17-19-23-27-31-35-39-43-47-51-57(62)63-52-48-44-40-36-32-28-24-21-20-22-26-30-34-38-42-46-50-56(61)58-54(53-59)55(60)49-45-41-37-33-29-25-18-16-14-12-10-8-6-4-2/h19-20,22-23,45,49,54-55,59-60H,3-18,21,24-44,46-48,50-53H2,1-2H3,(H,58,61)/b22-20-,23-19-,49-45+. The number of rotatable bonds is 51. The van der Waals surface area contributed by atoms with Gasteiger partial charge in [-0.25, -0.2) is 0 Å². The molecule has 0 aromatic heterocycles. The largest absolute Gasteiger partial charge is 0.466 e. The van der Waals surface area contributed by atoms with Crippen molar-refractivity contribution in [1.29, 1.82) is 0 Å². The zero-order valence-corrected chi connectivity index (χ0v) is 42.1. The van der Waals surface area contributed by atoms with Crippen LogP contribution in [0.3, 0.4) is 0 Å². The lowest BCUT2D eigenvalue weighted by molar-refractivity contribution is -0.143. The number of amides is 1. The van der Waals surface area contributed by atoms with Gasteiger partial charge in [-0.3, -0.25) is 9.59 Å². The van der Waals surface area contributed by atoms with Gasteiger partial charge in [-0.05, 0) is 83.5 Å². The summed E-state index contributed by atoms with van der Waals surface area (Å²) in [6.45, 7) is 4.87. The fraction of sp³-hybridized carbons (Fsp3) is 0.860. The van der Waals surface area contributed by atoms with Gasteiger partial charge in [0, 0.05) is 12.8 Å². The predicted octanol–water partition coefficient (Wildman–Crippen LogP) is 16.9. The molecule has 6 nitrogen and oxygen atoms in total. The molecule has 0 bridgehead atoms. The minimum absolute atomic E-state index is 0.0116. The van der Waals surface area contributed by atoms with Crippen molar-refractivity contribution in [2.75, 3.05) is 13.2 Å². The fourth-order valence-corrected chi connectivity index (χ4v) is 8.33. The average Bonchev–Trinajstić information content (AvgIpc) is 3.28. The number of ether oxygens (including phenoxy) is 1. The SMILES string of the molecule is CCCCCCCCC/C=C\CCCCCCCC(=O)OCCCCCCCCC/C=C\CCCCCCCC(=O)NC(CO)C(O)/C=C/CCCCCCCCCCCCCC. The van der Waals surface area contributed by atoms with E-state index in [1.165, 1.54) is 199 Å². The molecule has 0 saturated heterocycles. The molecule has 0 aromatic carbocycles. The summed E-state index contributed by atoms with van der Waals surface area (Å²) in [7, 11) is 0. The zero-order valence-electron chi connectivity index (χ0n) is 42.1. The summed E-state index contributed by atoms with van der Waals surface area (Å²) in [5.74, 6) is -0.0972. The van der Waals surface area contributed by atoms with Crippen molar-refractivity contribution in [2.24, 2.45) is 0 Å². The van der Waals surface area contributed by atoms with Gasteiger partial charge in [-0.2, -0.15) is 0 Å². The molecule has 2 unspecified atom stereocenters. The molecule has 370 valence electrons. The van der Waals surface area contributed by atoms with Gasteiger partial charge in [0.25, 0.3) is 0 Å². The third kappa shape index (κ3) is 49.4. The molecule has 0 aliphatic carbocycles. The molecule has 0 aliphatic rings. The van der Waals surface area contributed by atoms with Crippen LogP contribution in [-0.4, -0.2) is 47.4 Å². The van der Waals surface area contributed by atoms with Crippen LogP contribution in [0.15, 0.2) is 36.5 Å². The fourth-order valence-electron chi connectivity index (χ4n) is 8.33. The van der Waals surface area contributed by atoms with Crippen LogP contribution in [-0.2, 0) is 14.3 Å². The molecule has 0 heterocycles. The van der Waals surface area contributed by atoms with Crippen molar-refractivity contribution >= 4 is 11.9 Å². The van der Waals surface area contributed by atoms with Crippen LogP contribution < -0.4 is 5.32 Å². The maximum absolute atomic E-state index is 12.4. The topological polar surface area (TPSA) is 95.9 Å². The third-order valence-electron chi connectivity index (χ3n) is 12.6. The first kappa shape index (κ1) is 61.1. The number of hydrogen-bond donors (Lipinski definition) is 3. The van der Waals surface area contributed by atoms with Gasteiger partial charge in [0.2, 0.25) is 5.91 Å². The van der Waals surface area contributed by atoms with Gasteiger partial charge in [0.15, 0.2) is 0 Å². The monoisotopic (exact) mass is 886 g/mol. The summed E-state index contributed by atoms with van der Waals surface area (Å²) in [6, 6.07) is -0.640. The maximum atomic E-state index is 12.4. The Morgan fingerprint density at radius 1 is 0.429 bits per heavy atom. The highest BCUT2D eigenvalue weighted by molar-refractivity contribution is 5.76. The Bertz CT molecular complexity index is 1020. The molecule has 0 aliphatic heterocycles. The Morgan fingerprint density at radius 2 is 0.746 bits per heavy atom. The minimum atomic E-state index is -0.855. The first-order valence-electron chi connectivity index (χ1n) is 27.8. The van der Waals surface area contributed by atoms with E-state index in [1.54, 1.807) is 6.08 Å². The molecular weight excluding hydrogens is 779 g/mol. The molecule has 2 atom stereocenters. The van der Waals surface area contributed by atoms with Crippen LogP contribution in [0.25, 0.3) is 0 Å². The normalized spacial score (nSPS) is 12.9. The van der Waals surface area contributed by atoms with E-state index in [0.717, 1.165) is 64.2 Å². The highest BCUT2D eigenvalue weighted by Crippen LogP contribution is 2.15. The van der Waals surface area contributed by atoms with E-state index < -0.39 is 12.1 Å². The predicted molar refractivity (Wildman–Crippen MR) is 273 cm³/mol. The maximum Gasteiger partial charge on any atom is 0.305 e. The van der Waals surface area contributed by atoms with E-state index in [0.29, 0.717) is 19.4 Å². The van der Waals surface area contributed by atoms with Crippen molar-refractivity contribution in [3.8, 4) is 0 Å². The van der Waals surface area contributed by atoms with Gasteiger partial charge in [-0.15, -0.1) is 0 Å². The van der Waals surface area contributed by atoms with Gasteiger partial charge < -0.3 is 20.3 Å². The summed E-state index contributed by atoms with van der Waals surface area (Å²) in [5.41, 5.74) is 0. The molecule has 0 aromatic rings. The van der Waals surface area contributed by atoms with E-state index in [9.17, 15) is 19.8 Å². The molecule has 0 spiro atoms. The number of aliphatic hydroxyl groups is 2. The highest BCUT2D eigenvalue weighted by Gasteiger charge is 2.18. The second-order valence-electron chi connectivity index (χ2n) is 18.9. The number of carbonyl (C=O) groups excluding carboxylic acids is 2. The number of nitrogens with one attached hydrogen (secondary N) is 1. The molecule has 6 heteroatoms. The lowest BCUT2D eigenvalue weighted by Crippen LogP contribution is -2.45. The molecule has 0 rings (SSSR count). The van der Waals surface area contributed by atoms with E-state index in [2.05, 4.69) is 43.5 Å². The van der Waals surface area contributed by atoms with Crippen molar-refractivity contribution in [2.45, 2.75) is 302 Å². The van der Waals surface area contributed by atoms with E-state index >= 15 is 0 Å². The molecule has 63 heavy (non-hydrogen) atoms. The Morgan fingerprint density at radius 3 is 1.13 bits per heavy atom. The number of esters is 1. The van der Waals surface area contributed by atoms with Crippen LogP contribution in [0, 0.1) is 0 Å². The summed E-state index contributed by atoms with van der Waals surface area (Å²) in [6.07, 6.45) is 64.4. The number of unbranched alkanes of at least 4 members (excludes halogenated alkanes) is 36. The molecule has 1 amide bonds. The number of allylic oxidation sites excluding steroid dienone is 5. The summed E-state index contributed by atoms with van der Waals surface area (Å²) >= 11 is 0. The van der Waals surface area contributed by atoms with E-state index in [-0.39, 0.29) is 18.5 Å². The Hall–Kier alpha value is -1.92. The average molecular weight is 886 g/mol. The van der Waals surface area contributed by atoms with Crippen LogP contribution in [0.5, 0.6) is 0 Å². The lowest BCUT2D eigenvalue weighted by atomic mass is 10.0. The number of hydrogen-bond acceptors (Lipinski definition) is 5. The molecular formula is C57H107NO5. The van der Waals surface area contributed by atoms with Crippen LogP contribution >= 0.6 is 0 Å². The first-order chi connectivity index (χ1) is 31.0. The minimum Gasteiger partial charge on any atom is -0.466 e. The lowest BCUT2D eigenvalue weighted by Gasteiger charge is -2.20. The van der Waals surface area contributed by atoms with Crippen LogP contribution in [0.1, 0.15) is 290 Å². The molecule has 3 N–H and O–H groups in total. The van der Waals surface area contributed by atoms with Crippen molar-refractivity contribution in [3.63, 3.8) is 0 Å². The summed E-state index contributed by atoms with van der Waals surface area (Å²) in [5, 5.41) is 23.0. The first-order valence-corrected chi connectivity index (χ1v) is 27.8. The Balaban J connectivity index is 3.49. The van der Waals surface area contributed by atoms with E-state index in [1.807, 2.05) is 6.08 Å². The van der Waals surface area contributed by atoms with Crippen LogP contribution in [0.2, 0.25) is 0 Å². The third-order valence-corrected chi connectivity index (χ3v) is 12.6. The van der Waals surface area contributed by atoms with Crippen molar-refractivity contribution < 1.29 is 24.5 Å². The smallest absolute Gasteiger partial charge is 0.305 e. The Labute approximate surface area is 392 Å². The Kier molecular flexibility index (Phi) is 51.1. The van der Waals surface area contributed by atoms with Crippen molar-refractivity contribution in [1.82, 2.24) is 5.32 Å². The van der Waals surface area contributed by atoms with Gasteiger partial charge >= 0.3 is 5.97 Å². The van der Waals surface area contributed by atoms with Gasteiger partial charge in [0.1, 0.15) is 0 Å². The number of carbonyl (C=O) groups is 2. The second kappa shape index (κ2) is 52.7. The summed E-state index contributed by atoms with van der Waals surface area (Å²) < 4.78 is 5.47. The highest BCUT2D eigenvalue weighted by atomic mass is 16.5. The van der Waals surface area contributed by atoms with Gasteiger partial charge in [0.05, 0.1) is 25.4 Å². The summed E-state index contributed by atoms with van der Waals surface area (Å²) in [4.78, 5) is 24.5. The molecule has 0 fully saturated rings. The van der Waals surface area contributed by atoms with Crippen LogP contribution in [0.4, 0.5) is 0 Å². The zero-order chi connectivity index (χ0) is 45.8. The van der Waals surface area contributed by atoms with Gasteiger partial charge in [-0.1, -0.05) is 230 Å². The van der Waals surface area contributed by atoms with Crippen molar-refractivity contribution in [3.05, 3.63) is 36.5 Å². The van der Waals surface area contributed by atoms with E-state index in [4.69, 9.17) is 4.74 Å². The molecule has 0 saturated carbocycles. The number of aliphatic hydroxyl groups excluding tert-OH is 2. The molecule has 0 radical (unpaired) electrons.